The van der Waals surface area contributed by atoms with Crippen LogP contribution < -0.4 is 5.32 Å². The molecule has 7 heteroatoms. The Labute approximate surface area is 127 Å². The fourth-order valence-electron chi connectivity index (χ4n) is 2.68. The van der Waals surface area contributed by atoms with E-state index in [9.17, 15) is 8.42 Å². The molecule has 21 heavy (non-hydrogen) atoms. The van der Waals surface area contributed by atoms with E-state index >= 15 is 0 Å². The van der Waals surface area contributed by atoms with Crippen LogP contribution >= 0.6 is 0 Å². The number of aromatic nitrogens is 2. The van der Waals surface area contributed by atoms with Crippen molar-refractivity contribution in [3.8, 4) is 0 Å². The van der Waals surface area contributed by atoms with Crippen LogP contribution in [0.15, 0.2) is 17.3 Å². The third kappa shape index (κ3) is 4.05. The molecule has 6 nitrogen and oxygen atoms in total. The largest absolute Gasteiger partial charge is 0.316 e. The standard InChI is InChI=1S/C14H26N4O2S/c1-12(2)10-15-11-13-5-8-18(9-6-13)21(19,20)14-4-7-16-17(14)3/h4,7,12-13,15H,5-6,8-11H2,1-3H3. The van der Waals surface area contributed by atoms with Gasteiger partial charge >= 0.3 is 0 Å². The zero-order valence-corrected chi connectivity index (χ0v) is 13.9. The molecule has 0 bridgehead atoms. The van der Waals surface area contributed by atoms with Gasteiger partial charge in [0.25, 0.3) is 10.0 Å². The van der Waals surface area contributed by atoms with Gasteiger partial charge in [0, 0.05) is 20.1 Å². The Balaban J connectivity index is 1.88. The number of nitrogens with one attached hydrogen (secondary N) is 1. The molecule has 0 unspecified atom stereocenters. The first-order valence-corrected chi connectivity index (χ1v) is 9.04. The summed E-state index contributed by atoms with van der Waals surface area (Å²) in [6.45, 7) is 7.58. The van der Waals surface area contributed by atoms with E-state index in [0.717, 1.165) is 25.9 Å². The van der Waals surface area contributed by atoms with Crippen molar-refractivity contribution in [2.24, 2.45) is 18.9 Å². The Hall–Kier alpha value is -0.920. The van der Waals surface area contributed by atoms with Crippen LogP contribution in [0.25, 0.3) is 0 Å². The van der Waals surface area contributed by atoms with Crippen molar-refractivity contribution in [1.29, 1.82) is 0 Å². The van der Waals surface area contributed by atoms with Gasteiger partial charge < -0.3 is 5.32 Å². The maximum Gasteiger partial charge on any atom is 0.260 e. The fourth-order valence-corrected chi connectivity index (χ4v) is 4.25. The quantitative estimate of drug-likeness (QED) is 0.853. The van der Waals surface area contributed by atoms with E-state index in [0.29, 0.717) is 24.9 Å². The van der Waals surface area contributed by atoms with Gasteiger partial charge in [-0.15, -0.1) is 0 Å². The van der Waals surface area contributed by atoms with E-state index in [-0.39, 0.29) is 5.03 Å². The lowest BCUT2D eigenvalue weighted by atomic mass is 9.98. The minimum atomic E-state index is -3.39. The maximum atomic E-state index is 12.5. The second kappa shape index (κ2) is 6.89. The van der Waals surface area contributed by atoms with Gasteiger partial charge in [-0.05, 0) is 43.8 Å². The third-order valence-corrected chi connectivity index (χ3v) is 5.91. The van der Waals surface area contributed by atoms with Gasteiger partial charge in [-0.2, -0.15) is 9.40 Å². The molecule has 0 saturated carbocycles. The van der Waals surface area contributed by atoms with Crippen LogP contribution in [-0.4, -0.2) is 48.7 Å². The van der Waals surface area contributed by atoms with Crippen LogP contribution in [0.1, 0.15) is 26.7 Å². The van der Waals surface area contributed by atoms with Crippen LogP contribution in [0.3, 0.4) is 0 Å². The molecule has 1 N–H and O–H groups in total. The minimum absolute atomic E-state index is 0.277. The predicted octanol–water partition coefficient (Wildman–Crippen LogP) is 1.07. The van der Waals surface area contributed by atoms with E-state index in [1.165, 1.54) is 10.9 Å². The number of rotatable bonds is 6. The average Bonchev–Trinajstić information content (AvgIpc) is 2.86. The highest BCUT2D eigenvalue weighted by atomic mass is 32.2. The summed E-state index contributed by atoms with van der Waals surface area (Å²) >= 11 is 0. The normalized spacial score (nSPS) is 18.5. The Kier molecular flexibility index (Phi) is 5.40. The van der Waals surface area contributed by atoms with Crippen LogP contribution in [0, 0.1) is 11.8 Å². The summed E-state index contributed by atoms with van der Waals surface area (Å²) in [6.07, 6.45) is 3.36. The van der Waals surface area contributed by atoms with Crippen molar-refractivity contribution in [2.75, 3.05) is 26.2 Å². The van der Waals surface area contributed by atoms with Crippen molar-refractivity contribution in [3.05, 3.63) is 12.3 Å². The lowest BCUT2D eigenvalue weighted by Gasteiger charge is -2.31. The highest BCUT2D eigenvalue weighted by Crippen LogP contribution is 2.23. The first kappa shape index (κ1) is 16.5. The second-order valence-electron chi connectivity index (χ2n) is 6.19. The molecule has 1 aromatic rings. The topological polar surface area (TPSA) is 67.2 Å². The van der Waals surface area contributed by atoms with Crippen molar-refractivity contribution >= 4 is 10.0 Å². The SMILES string of the molecule is CC(C)CNCC1CCN(S(=O)(=O)c2ccnn2C)CC1. The number of piperidine rings is 1. The lowest BCUT2D eigenvalue weighted by molar-refractivity contribution is 0.264. The van der Waals surface area contributed by atoms with Gasteiger partial charge in [-0.3, -0.25) is 4.68 Å². The molecule has 0 atom stereocenters. The molecule has 1 aromatic heterocycles. The van der Waals surface area contributed by atoms with E-state index in [4.69, 9.17) is 0 Å². The number of sulfonamides is 1. The summed E-state index contributed by atoms with van der Waals surface area (Å²) < 4.78 is 28.1. The lowest BCUT2D eigenvalue weighted by Crippen LogP contribution is -2.41. The smallest absolute Gasteiger partial charge is 0.260 e. The fraction of sp³-hybridized carbons (Fsp3) is 0.786. The highest BCUT2D eigenvalue weighted by molar-refractivity contribution is 7.89. The highest BCUT2D eigenvalue weighted by Gasteiger charge is 2.30. The molecule has 2 heterocycles. The summed E-state index contributed by atoms with van der Waals surface area (Å²) in [4.78, 5) is 0. The second-order valence-corrected chi connectivity index (χ2v) is 8.08. The molecule has 1 aliphatic heterocycles. The zero-order chi connectivity index (χ0) is 15.5. The predicted molar refractivity (Wildman–Crippen MR) is 82.4 cm³/mol. The summed E-state index contributed by atoms with van der Waals surface area (Å²) in [7, 11) is -1.73. The van der Waals surface area contributed by atoms with Gasteiger partial charge in [0.2, 0.25) is 0 Å². The first-order valence-electron chi connectivity index (χ1n) is 7.60. The van der Waals surface area contributed by atoms with Crippen molar-refractivity contribution in [1.82, 2.24) is 19.4 Å². The molecular formula is C14H26N4O2S. The molecule has 1 aliphatic rings. The summed E-state index contributed by atoms with van der Waals surface area (Å²) in [5.74, 6) is 1.22. The third-order valence-electron chi connectivity index (χ3n) is 3.94. The molecule has 0 aliphatic carbocycles. The average molecular weight is 314 g/mol. The number of hydrogen-bond donors (Lipinski definition) is 1. The Morgan fingerprint density at radius 3 is 2.57 bits per heavy atom. The molecule has 0 amide bonds. The van der Waals surface area contributed by atoms with E-state index in [1.54, 1.807) is 17.4 Å². The summed E-state index contributed by atoms with van der Waals surface area (Å²) in [5.41, 5.74) is 0. The van der Waals surface area contributed by atoms with Crippen molar-refractivity contribution < 1.29 is 8.42 Å². The van der Waals surface area contributed by atoms with Crippen molar-refractivity contribution in [3.63, 3.8) is 0 Å². The van der Waals surface area contributed by atoms with Gasteiger partial charge in [-0.25, -0.2) is 8.42 Å². The maximum absolute atomic E-state index is 12.5. The van der Waals surface area contributed by atoms with Gasteiger partial charge in [0.1, 0.15) is 0 Å². The molecule has 1 fully saturated rings. The molecule has 2 rings (SSSR count). The van der Waals surface area contributed by atoms with Gasteiger partial charge in [-0.1, -0.05) is 13.8 Å². The molecule has 120 valence electrons. The summed E-state index contributed by atoms with van der Waals surface area (Å²) in [5, 5.41) is 7.69. The van der Waals surface area contributed by atoms with Crippen LogP contribution in [0.2, 0.25) is 0 Å². The van der Waals surface area contributed by atoms with E-state index in [1.807, 2.05) is 0 Å². The Bertz CT molecular complexity index is 545. The Morgan fingerprint density at radius 2 is 2.05 bits per heavy atom. The van der Waals surface area contributed by atoms with E-state index in [2.05, 4.69) is 24.3 Å². The minimum Gasteiger partial charge on any atom is -0.316 e. The van der Waals surface area contributed by atoms with Gasteiger partial charge in [0.15, 0.2) is 5.03 Å². The van der Waals surface area contributed by atoms with Crippen LogP contribution in [0.5, 0.6) is 0 Å². The van der Waals surface area contributed by atoms with E-state index < -0.39 is 10.0 Å². The molecule has 0 radical (unpaired) electrons. The zero-order valence-electron chi connectivity index (χ0n) is 13.1. The number of hydrogen-bond acceptors (Lipinski definition) is 4. The summed E-state index contributed by atoms with van der Waals surface area (Å²) in [6, 6.07) is 1.56. The van der Waals surface area contributed by atoms with Crippen LogP contribution in [0.4, 0.5) is 0 Å². The first-order chi connectivity index (χ1) is 9.91. The van der Waals surface area contributed by atoms with Gasteiger partial charge in [0.05, 0.1) is 6.20 Å². The monoisotopic (exact) mass is 314 g/mol. The number of nitrogens with zero attached hydrogens (tertiary/aromatic N) is 3. The molecule has 0 spiro atoms. The van der Waals surface area contributed by atoms with Crippen LogP contribution in [-0.2, 0) is 17.1 Å². The number of aryl methyl sites for hydroxylation is 1. The molecular weight excluding hydrogens is 288 g/mol. The molecule has 1 saturated heterocycles. The van der Waals surface area contributed by atoms with Crippen molar-refractivity contribution in [2.45, 2.75) is 31.7 Å². The Morgan fingerprint density at radius 1 is 1.38 bits per heavy atom. The molecule has 0 aromatic carbocycles.